The molecule has 0 unspecified atom stereocenters. The third-order valence-corrected chi connectivity index (χ3v) is 4.19. The van der Waals surface area contributed by atoms with E-state index in [1.54, 1.807) is 56.5 Å². The second kappa shape index (κ2) is 9.22. The quantitative estimate of drug-likeness (QED) is 0.464. The number of halogens is 2. The molecule has 2 aromatic rings. The summed E-state index contributed by atoms with van der Waals surface area (Å²) < 4.78 is 5.08. The molecule has 0 saturated heterocycles. The first-order chi connectivity index (χ1) is 12.4. The van der Waals surface area contributed by atoms with Gasteiger partial charge in [-0.1, -0.05) is 41.4 Å². The zero-order valence-electron chi connectivity index (χ0n) is 14.1. The van der Waals surface area contributed by atoms with E-state index in [1.807, 2.05) is 0 Å². The Labute approximate surface area is 161 Å². The summed E-state index contributed by atoms with van der Waals surface area (Å²) in [5.74, 6) is -1.00. The summed E-state index contributed by atoms with van der Waals surface area (Å²) in [6.45, 7) is 1.76. The number of benzene rings is 2. The van der Waals surface area contributed by atoms with Crippen LogP contribution in [0, 0.1) is 0 Å². The van der Waals surface area contributed by atoms with E-state index in [1.165, 1.54) is 6.21 Å². The maximum atomic E-state index is 12.0. The molecule has 26 heavy (non-hydrogen) atoms. The molecule has 0 aromatic heterocycles. The predicted molar refractivity (Wildman–Crippen MR) is 102 cm³/mol. The van der Waals surface area contributed by atoms with E-state index in [-0.39, 0.29) is 6.04 Å². The molecule has 0 aliphatic carbocycles. The molecule has 2 aromatic carbocycles. The van der Waals surface area contributed by atoms with Crippen LogP contribution in [-0.4, -0.2) is 25.1 Å². The van der Waals surface area contributed by atoms with Gasteiger partial charge in [0.15, 0.2) is 0 Å². The molecule has 0 radical (unpaired) electrons. The molecule has 0 aliphatic rings. The SMILES string of the molecule is COc1ccc([C@@H](C)NC(=O)C(=O)N/N=C\c2c(Cl)cccc2Cl)cc1. The van der Waals surface area contributed by atoms with Gasteiger partial charge in [-0.2, -0.15) is 5.10 Å². The van der Waals surface area contributed by atoms with E-state index in [0.29, 0.717) is 21.4 Å². The lowest BCUT2D eigenvalue weighted by Gasteiger charge is -2.13. The Morgan fingerprint density at radius 3 is 2.27 bits per heavy atom. The van der Waals surface area contributed by atoms with Crippen LogP contribution in [0.5, 0.6) is 5.75 Å². The first-order valence-corrected chi connectivity index (χ1v) is 8.40. The lowest BCUT2D eigenvalue weighted by molar-refractivity contribution is -0.139. The molecule has 0 saturated carbocycles. The van der Waals surface area contributed by atoms with E-state index in [2.05, 4.69) is 15.8 Å². The maximum absolute atomic E-state index is 12.0. The minimum atomic E-state index is -0.898. The molecule has 2 N–H and O–H groups in total. The van der Waals surface area contributed by atoms with Gasteiger partial charge in [0.1, 0.15) is 5.75 Å². The average Bonchev–Trinajstić information content (AvgIpc) is 2.64. The van der Waals surface area contributed by atoms with E-state index in [9.17, 15) is 9.59 Å². The van der Waals surface area contributed by atoms with Gasteiger partial charge < -0.3 is 10.1 Å². The van der Waals surface area contributed by atoms with E-state index < -0.39 is 11.8 Å². The number of nitrogens with one attached hydrogen (secondary N) is 2. The number of hydrazone groups is 1. The van der Waals surface area contributed by atoms with Crippen molar-refractivity contribution >= 4 is 41.2 Å². The largest absolute Gasteiger partial charge is 0.497 e. The second-order valence-electron chi connectivity index (χ2n) is 5.30. The van der Waals surface area contributed by atoms with Gasteiger partial charge in [-0.05, 0) is 36.8 Å². The fraction of sp³-hybridized carbons (Fsp3) is 0.167. The van der Waals surface area contributed by atoms with Crippen molar-refractivity contribution in [1.82, 2.24) is 10.7 Å². The number of hydrogen-bond acceptors (Lipinski definition) is 4. The van der Waals surface area contributed by atoms with Gasteiger partial charge in [-0.25, -0.2) is 5.43 Å². The van der Waals surface area contributed by atoms with Gasteiger partial charge in [0.05, 0.1) is 29.4 Å². The van der Waals surface area contributed by atoms with Crippen molar-refractivity contribution in [2.45, 2.75) is 13.0 Å². The molecule has 0 bridgehead atoms. The molecule has 8 heteroatoms. The first kappa shape index (κ1) is 19.8. The van der Waals surface area contributed by atoms with Gasteiger partial charge >= 0.3 is 11.8 Å². The van der Waals surface area contributed by atoms with Gasteiger partial charge in [0.2, 0.25) is 0 Å². The van der Waals surface area contributed by atoms with Crippen LogP contribution in [0.25, 0.3) is 0 Å². The summed E-state index contributed by atoms with van der Waals surface area (Å²) in [5, 5.41) is 7.07. The van der Waals surface area contributed by atoms with E-state index in [0.717, 1.165) is 5.56 Å². The molecule has 6 nitrogen and oxygen atoms in total. The summed E-state index contributed by atoms with van der Waals surface area (Å²) >= 11 is 12.0. The van der Waals surface area contributed by atoms with E-state index >= 15 is 0 Å². The van der Waals surface area contributed by atoms with Crippen molar-refractivity contribution in [3.05, 3.63) is 63.6 Å². The van der Waals surface area contributed by atoms with Crippen molar-refractivity contribution in [3.8, 4) is 5.75 Å². The van der Waals surface area contributed by atoms with E-state index in [4.69, 9.17) is 27.9 Å². The smallest absolute Gasteiger partial charge is 0.329 e. The summed E-state index contributed by atoms with van der Waals surface area (Å²) in [5.41, 5.74) is 3.42. The van der Waals surface area contributed by atoms with Crippen molar-refractivity contribution in [2.75, 3.05) is 7.11 Å². The molecular weight excluding hydrogens is 377 g/mol. The standard InChI is InChI=1S/C18H17Cl2N3O3/c1-11(12-6-8-13(26-2)9-7-12)22-17(24)18(25)23-21-10-14-15(19)4-3-5-16(14)20/h3-11H,1-2H3,(H,22,24)(H,23,25)/b21-10-/t11-/m1/s1. The third kappa shape index (κ3) is 5.21. The van der Waals surface area contributed by atoms with Crippen LogP contribution in [0.1, 0.15) is 24.1 Å². The molecule has 1 atom stereocenters. The molecule has 0 fully saturated rings. The minimum absolute atomic E-state index is 0.360. The highest BCUT2D eigenvalue weighted by Crippen LogP contribution is 2.22. The van der Waals surface area contributed by atoms with Gasteiger partial charge in [-0.3, -0.25) is 9.59 Å². The fourth-order valence-electron chi connectivity index (χ4n) is 2.08. The maximum Gasteiger partial charge on any atom is 0.329 e. The number of hydrogen-bond donors (Lipinski definition) is 2. The molecule has 2 rings (SSSR count). The lowest BCUT2D eigenvalue weighted by atomic mass is 10.1. The van der Waals surface area contributed by atoms with Crippen LogP contribution in [0.4, 0.5) is 0 Å². The van der Waals surface area contributed by atoms with Crippen LogP contribution in [0.15, 0.2) is 47.6 Å². The normalized spacial score (nSPS) is 11.8. The molecular formula is C18H17Cl2N3O3. The zero-order valence-corrected chi connectivity index (χ0v) is 15.6. The Morgan fingerprint density at radius 1 is 1.08 bits per heavy atom. The highest BCUT2D eigenvalue weighted by Gasteiger charge is 2.16. The number of carbonyl (C=O) groups excluding carboxylic acids is 2. The molecule has 0 aliphatic heterocycles. The molecule has 2 amide bonds. The predicted octanol–water partition coefficient (Wildman–Crippen LogP) is 3.33. The monoisotopic (exact) mass is 393 g/mol. The fourth-order valence-corrected chi connectivity index (χ4v) is 2.57. The Kier molecular flexibility index (Phi) is 7.00. The Bertz CT molecular complexity index is 803. The van der Waals surface area contributed by atoms with Gasteiger partial charge in [0, 0.05) is 5.56 Å². The van der Waals surface area contributed by atoms with Crippen molar-refractivity contribution in [1.29, 1.82) is 0 Å². The average molecular weight is 394 g/mol. The third-order valence-electron chi connectivity index (χ3n) is 3.53. The highest BCUT2D eigenvalue weighted by atomic mass is 35.5. The van der Waals surface area contributed by atoms with Crippen LogP contribution in [0.2, 0.25) is 10.0 Å². The summed E-state index contributed by atoms with van der Waals surface area (Å²) in [6, 6.07) is 11.8. The summed E-state index contributed by atoms with van der Waals surface area (Å²) in [7, 11) is 1.57. The van der Waals surface area contributed by atoms with Crippen LogP contribution in [-0.2, 0) is 9.59 Å². The molecule has 0 spiro atoms. The Balaban J connectivity index is 1.92. The van der Waals surface area contributed by atoms with Crippen LogP contribution >= 0.6 is 23.2 Å². The topological polar surface area (TPSA) is 79.8 Å². The van der Waals surface area contributed by atoms with Crippen LogP contribution in [0.3, 0.4) is 0 Å². The summed E-state index contributed by atoms with van der Waals surface area (Å²) in [4.78, 5) is 23.8. The lowest BCUT2D eigenvalue weighted by Crippen LogP contribution is -2.39. The number of methoxy groups -OCH3 is 1. The first-order valence-electron chi connectivity index (χ1n) is 7.64. The number of carbonyl (C=O) groups is 2. The zero-order chi connectivity index (χ0) is 19.1. The number of ether oxygens (including phenoxy) is 1. The molecule has 136 valence electrons. The van der Waals surface area contributed by atoms with Gasteiger partial charge in [-0.15, -0.1) is 0 Å². The van der Waals surface area contributed by atoms with Crippen molar-refractivity contribution < 1.29 is 14.3 Å². The van der Waals surface area contributed by atoms with Crippen molar-refractivity contribution in [2.24, 2.45) is 5.10 Å². The Morgan fingerprint density at radius 2 is 1.69 bits per heavy atom. The number of amides is 2. The van der Waals surface area contributed by atoms with Crippen molar-refractivity contribution in [3.63, 3.8) is 0 Å². The van der Waals surface area contributed by atoms with Gasteiger partial charge in [0.25, 0.3) is 0 Å². The highest BCUT2D eigenvalue weighted by molar-refractivity contribution is 6.38. The minimum Gasteiger partial charge on any atom is -0.497 e. The number of nitrogens with zero attached hydrogens (tertiary/aromatic N) is 1. The summed E-state index contributed by atoms with van der Waals surface area (Å²) in [6.07, 6.45) is 1.28. The number of rotatable bonds is 5. The Hall–Kier alpha value is -2.57. The second-order valence-corrected chi connectivity index (χ2v) is 6.12. The van der Waals surface area contributed by atoms with Crippen LogP contribution < -0.4 is 15.5 Å². The molecule has 0 heterocycles.